The molecule has 3 aromatic rings. The number of amides is 2. The highest BCUT2D eigenvalue weighted by Gasteiger charge is 2.54. The molecule has 3 N–H and O–H groups in total. The lowest BCUT2D eigenvalue weighted by molar-refractivity contribution is -0.119. The number of carbonyl (C=O) groups excluding carboxylic acids is 2. The molecule has 220 valence electrons. The lowest BCUT2D eigenvalue weighted by atomic mass is 9.61. The largest absolute Gasteiger partial charge is 0.488 e. The summed E-state index contributed by atoms with van der Waals surface area (Å²) in [5, 5.41) is 11.9. The highest BCUT2D eigenvalue weighted by molar-refractivity contribution is 5.98. The Kier molecular flexibility index (Phi) is 9.25. The van der Waals surface area contributed by atoms with Crippen LogP contribution in [0.2, 0.25) is 0 Å². The molecule has 1 aliphatic heterocycles. The Morgan fingerprint density at radius 3 is 2.64 bits per heavy atom. The summed E-state index contributed by atoms with van der Waals surface area (Å²) < 4.78 is 25.4. The van der Waals surface area contributed by atoms with Gasteiger partial charge in [0.05, 0.1) is 29.1 Å². The fourth-order valence-corrected chi connectivity index (χ4v) is 5.26. The van der Waals surface area contributed by atoms with E-state index >= 15 is 0 Å². The molecule has 1 saturated carbocycles. The van der Waals surface area contributed by atoms with Crippen molar-refractivity contribution < 1.29 is 23.5 Å². The van der Waals surface area contributed by atoms with Crippen LogP contribution in [-0.4, -0.2) is 53.6 Å². The second-order valence-electron chi connectivity index (χ2n) is 10.2. The predicted molar refractivity (Wildman–Crippen MR) is 156 cm³/mol. The number of halogens is 1. The smallest absolute Gasteiger partial charge is 0.274 e. The second-order valence-corrected chi connectivity index (χ2v) is 10.2. The first-order chi connectivity index (χ1) is 20.2. The van der Waals surface area contributed by atoms with E-state index in [9.17, 15) is 19.2 Å². The predicted octanol–water partition coefficient (Wildman–Crippen LogP) is 4.23. The number of nitrogens with zero attached hydrogens (tertiary/aromatic N) is 4. The van der Waals surface area contributed by atoms with Gasteiger partial charge in [0, 0.05) is 24.7 Å². The summed E-state index contributed by atoms with van der Waals surface area (Å²) in [5.41, 5.74) is 7.52. The number of benzene rings is 1. The van der Waals surface area contributed by atoms with Crippen LogP contribution in [0.25, 0.3) is 11.3 Å². The first-order valence-electron chi connectivity index (χ1n) is 14.0. The molecule has 0 radical (unpaired) electrons. The minimum absolute atomic E-state index is 0.0260. The van der Waals surface area contributed by atoms with Crippen molar-refractivity contribution in [1.82, 2.24) is 15.3 Å². The fourth-order valence-electron chi connectivity index (χ4n) is 5.26. The minimum atomic E-state index is -0.902. The molecule has 11 heteroatoms. The third-order valence-corrected chi connectivity index (χ3v) is 7.26. The molecular formula is C31H35FN6O4. The van der Waals surface area contributed by atoms with Crippen molar-refractivity contribution in [3.8, 4) is 29.0 Å². The lowest BCUT2D eigenvalue weighted by Gasteiger charge is -2.59. The van der Waals surface area contributed by atoms with Crippen molar-refractivity contribution in [3.63, 3.8) is 0 Å². The van der Waals surface area contributed by atoms with E-state index in [0.29, 0.717) is 35.1 Å². The molecule has 1 aromatic carbocycles. The van der Waals surface area contributed by atoms with Gasteiger partial charge in [-0.2, -0.15) is 5.26 Å². The first kappa shape index (κ1) is 30.2. The topological polar surface area (TPSA) is 143 Å². The van der Waals surface area contributed by atoms with E-state index in [0.717, 1.165) is 31.6 Å². The van der Waals surface area contributed by atoms with Gasteiger partial charge in [-0.05, 0) is 69.2 Å². The number of hydrogen-bond acceptors (Lipinski definition) is 8. The van der Waals surface area contributed by atoms with E-state index < -0.39 is 23.7 Å². The van der Waals surface area contributed by atoms with E-state index in [-0.39, 0.29) is 17.2 Å². The molecule has 2 fully saturated rings. The van der Waals surface area contributed by atoms with Crippen LogP contribution in [0.4, 0.5) is 10.1 Å². The molecule has 1 spiro atoms. The monoisotopic (exact) mass is 574 g/mol. The van der Waals surface area contributed by atoms with Crippen molar-refractivity contribution in [1.29, 1.82) is 5.26 Å². The molecule has 2 aliphatic rings. The molecule has 1 unspecified atom stereocenters. The maximum atomic E-state index is 13.5. The summed E-state index contributed by atoms with van der Waals surface area (Å²) in [4.78, 5) is 35.7. The number of anilines is 1. The molecular weight excluding hydrogens is 539 g/mol. The SMILES string of the molecule is CC.CCOc1ncccc1-c1ccc(OC2CC3(C2)CN(c2ccc(F)cc2C#N)C3)c(C(=O)NC(C)C(N)=O)n1. The van der Waals surface area contributed by atoms with Gasteiger partial charge in [-0.1, -0.05) is 13.8 Å². The van der Waals surface area contributed by atoms with Crippen molar-refractivity contribution in [2.45, 2.75) is 52.7 Å². The van der Waals surface area contributed by atoms with Crippen LogP contribution in [0.5, 0.6) is 11.6 Å². The molecule has 1 aliphatic carbocycles. The quantitative estimate of drug-likeness (QED) is 0.387. The summed E-state index contributed by atoms with van der Waals surface area (Å²) in [6.07, 6.45) is 2.98. The number of carbonyl (C=O) groups is 2. The summed E-state index contributed by atoms with van der Waals surface area (Å²) in [5.74, 6) is -1.02. The zero-order valence-electron chi connectivity index (χ0n) is 24.2. The van der Waals surface area contributed by atoms with E-state index in [1.54, 1.807) is 36.5 Å². The van der Waals surface area contributed by atoms with Crippen LogP contribution >= 0.6 is 0 Å². The van der Waals surface area contributed by atoms with Crippen molar-refractivity contribution in [2.24, 2.45) is 11.1 Å². The molecule has 0 bridgehead atoms. The molecule has 1 atom stereocenters. The maximum absolute atomic E-state index is 13.5. The van der Waals surface area contributed by atoms with Gasteiger partial charge in [0.15, 0.2) is 11.4 Å². The Morgan fingerprint density at radius 2 is 1.98 bits per heavy atom. The van der Waals surface area contributed by atoms with Gasteiger partial charge in [0.25, 0.3) is 5.91 Å². The van der Waals surface area contributed by atoms with Crippen LogP contribution in [-0.2, 0) is 4.79 Å². The van der Waals surface area contributed by atoms with Crippen LogP contribution in [0, 0.1) is 22.6 Å². The number of nitrogens with two attached hydrogens (primary N) is 1. The zero-order valence-corrected chi connectivity index (χ0v) is 24.2. The number of nitriles is 1. The third-order valence-electron chi connectivity index (χ3n) is 7.26. The van der Waals surface area contributed by atoms with Gasteiger partial charge in [0.2, 0.25) is 11.8 Å². The number of hydrogen-bond donors (Lipinski definition) is 2. The molecule has 2 aromatic heterocycles. The van der Waals surface area contributed by atoms with E-state index in [2.05, 4.69) is 26.3 Å². The number of aromatic nitrogens is 2. The second kappa shape index (κ2) is 12.9. The number of rotatable bonds is 9. The molecule has 5 rings (SSSR count). The van der Waals surface area contributed by atoms with Crippen molar-refractivity contribution in [2.75, 3.05) is 24.6 Å². The Hall–Kier alpha value is -4.72. The highest BCUT2D eigenvalue weighted by Crippen LogP contribution is 2.51. The van der Waals surface area contributed by atoms with Crippen LogP contribution in [0.1, 0.15) is 56.6 Å². The van der Waals surface area contributed by atoms with Gasteiger partial charge >= 0.3 is 0 Å². The normalized spacial score (nSPS) is 15.7. The Balaban J connectivity index is 0.00000198. The average molecular weight is 575 g/mol. The van der Waals surface area contributed by atoms with E-state index in [1.807, 2.05) is 20.8 Å². The summed E-state index contributed by atoms with van der Waals surface area (Å²) in [7, 11) is 0. The van der Waals surface area contributed by atoms with Crippen LogP contribution < -0.4 is 25.4 Å². The van der Waals surface area contributed by atoms with Gasteiger partial charge in [-0.25, -0.2) is 14.4 Å². The van der Waals surface area contributed by atoms with Crippen LogP contribution in [0.3, 0.4) is 0 Å². The molecule has 3 heterocycles. The third kappa shape index (κ3) is 6.28. The molecule has 10 nitrogen and oxygen atoms in total. The van der Waals surface area contributed by atoms with Gasteiger partial charge in [0.1, 0.15) is 24.0 Å². The summed E-state index contributed by atoms with van der Waals surface area (Å²) in [6, 6.07) is 12.4. The number of pyridine rings is 2. The molecule has 1 saturated heterocycles. The van der Waals surface area contributed by atoms with E-state index in [4.69, 9.17) is 15.2 Å². The fraction of sp³-hybridized carbons (Fsp3) is 0.387. The Morgan fingerprint density at radius 1 is 1.24 bits per heavy atom. The van der Waals surface area contributed by atoms with Crippen molar-refractivity contribution in [3.05, 3.63) is 65.7 Å². The minimum Gasteiger partial charge on any atom is -0.488 e. The maximum Gasteiger partial charge on any atom is 0.274 e. The highest BCUT2D eigenvalue weighted by atomic mass is 19.1. The zero-order chi connectivity index (χ0) is 30.4. The van der Waals surface area contributed by atoms with Gasteiger partial charge in [-0.3, -0.25) is 9.59 Å². The van der Waals surface area contributed by atoms with E-state index in [1.165, 1.54) is 19.1 Å². The summed E-state index contributed by atoms with van der Waals surface area (Å²) >= 11 is 0. The number of primary amides is 1. The average Bonchev–Trinajstić information content (AvgIpc) is 2.95. The van der Waals surface area contributed by atoms with Crippen LogP contribution in [0.15, 0.2) is 48.7 Å². The number of nitrogens with one attached hydrogen (secondary N) is 1. The van der Waals surface area contributed by atoms with Crippen molar-refractivity contribution >= 4 is 17.5 Å². The number of ether oxygens (including phenoxy) is 2. The Labute approximate surface area is 244 Å². The standard InChI is InChI=1S/C29H29FN6O4.C2H6/c1-3-39-28-21(5-4-10-33-28)22-7-9-24(25(35-22)27(38)34-17(2)26(32)37)40-20-12-29(13-20)15-36(16-29)23-8-6-19(30)11-18(23)14-31;1-2/h4-11,17,20H,3,12-13,15-16H2,1-2H3,(H2,32,37)(H,34,38);1-2H3. The lowest BCUT2D eigenvalue weighted by Crippen LogP contribution is -2.65. The summed E-state index contributed by atoms with van der Waals surface area (Å²) in [6.45, 7) is 9.22. The molecule has 42 heavy (non-hydrogen) atoms. The first-order valence-corrected chi connectivity index (χ1v) is 14.0. The van der Waals surface area contributed by atoms with Gasteiger partial charge < -0.3 is 25.4 Å². The molecule has 2 amide bonds. The van der Waals surface area contributed by atoms with Gasteiger partial charge in [-0.15, -0.1) is 0 Å². The Bertz CT molecular complexity index is 1490.